The number of rotatable bonds is 6. The van der Waals surface area contributed by atoms with Crippen LogP contribution < -0.4 is 14.4 Å². The van der Waals surface area contributed by atoms with Crippen molar-refractivity contribution >= 4 is 27.5 Å². The van der Waals surface area contributed by atoms with E-state index in [-0.39, 0.29) is 52.9 Å². The molecule has 1 heterocycles. The van der Waals surface area contributed by atoms with Gasteiger partial charge in [-0.05, 0) is 31.0 Å². The molecule has 0 aromatic heterocycles. The smallest absolute Gasteiger partial charge is 0.240 e. The van der Waals surface area contributed by atoms with Crippen molar-refractivity contribution in [3.8, 4) is 5.75 Å². The van der Waals surface area contributed by atoms with Crippen LogP contribution in [-0.2, 0) is 19.6 Å². The van der Waals surface area contributed by atoms with Crippen LogP contribution in [0.25, 0.3) is 0 Å². The minimum Gasteiger partial charge on any atom is -0.495 e. The summed E-state index contributed by atoms with van der Waals surface area (Å²) in [7, 11) is -2.37. The third-order valence-electron chi connectivity index (χ3n) is 4.09. The number of methoxy groups -OCH3 is 1. The predicted molar refractivity (Wildman–Crippen MR) is 89.3 cm³/mol. The lowest BCUT2D eigenvalue weighted by Gasteiger charge is -2.20. The topological polar surface area (TPSA) is 92.8 Å². The van der Waals surface area contributed by atoms with Gasteiger partial charge < -0.3 is 4.74 Å². The fourth-order valence-corrected chi connectivity index (χ4v) is 3.72. The van der Waals surface area contributed by atoms with Gasteiger partial charge in [0.25, 0.3) is 0 Å². The number of ether oxygens (including phenoxy) is 1. The van der Waals surface area contributed by atoms with Gasteiger partial charge in [-0.25, -0.2) is 18.0 Å². The van der Waals surface area contributed by atoms with Crippen LogP contribution >= 0.6 is 0 Å². The molecule has 1 fully saturated rings. The fraction of sp³-hybridized carbons (Fsp3) is 0.500. The summed E-state index contributed by atoms with van der Waals surface area (Å²) in [6.45, 7) is 5.60. The molecule has 1 atom stereocenters. The fourth-order valence-electron chi connectivity index (χ4n) is 2.31. The number of amides is 2. The van der Waals surface area contributed by atoms with Crippen LogP contribution in [0.4, 0.5) is 5.69 Å². The van der Waals surface area contributed by atoms with E-state index in [9.17, 15) is 18.0 Å². The molecule has 7 nitrogen and oxygen atoms in total. The summed E-state index contributed by atoms with van der Waals surface area (Å²) in [6.07, 6.45) is 0.225. The third kappa shape index (κ3) is 3.59. The second-order valence-corrected chi connectivity index (χ2v) is 7.82. The molecule has 24 heavy (non-hydrogen) atoms. The number of benzene rings is 1. The SMILES string of the molecule is COc1ccc(S(=O)(=O)NC(C)C(C)C)cc1N1C(=O)CCC1=O. The first-order chi connectivity index (χ1) is 11.2. The van der Waals surface area contributed by atoms with Crippen molar-refractivity contribution in [1.29, 1.82) is 0 Å². The first kappa shape index (κ1) is 18.4. The maximum absolute atomic E-state index is 12.5. The van der Waals surface area contributed by atoms with Gasteiger partial charge in [-0.2, -0.15) is 0 Å². The molecule has 0 bridgehead atoms. The Hall–Kier alpha value is -1.93. The summed E-state index contributed by atoms with van der Waals surface area (Å²) in [5.74, 6) is -0.332. The van der Waals surface area contributed by atoms with E-state index in [1.807, 2.05) is 13.8 Å². The zero-order valence-corrected chi connectivity index (χ0v) is 15.0. The van der Waals surface area contributed by atoms with E-state index in [0.717, 1.165) is 4.90 Å². The maximum Gasteiger partial charge on any atom is 0.240 e. The Morgan fingerprint density at radius 1 is 1.12 bits per heavy atom. The summed E-state index contributed by atoms with van der Waals surface area (Å²) < 4.78 is 32.8. The van der Waals surface area contributed by atoms with E-state index in [4.69, 9.17) is 4.74 Å². The van der Waals surface area contributed by atoms with Crippen LogP contribution in [-0.4, -0.2) is 33.4 Å². The number of sulfonamides is 1. The number of nitrogens with one attached hydrogen (secondary N) is 1. The highest BCUT2D eigenvalue weighted by Crippen LogP contribution is 2.34. The summed E-state index contributed by atoms with van der Waals surface area (Å²) in [5, 5.41) is 0. The van der Waals surface area contributed by atoms with Crippen LogP contribution in [0.2, 0.25) is 0 Å². The Morgan fingerprint density at radius 3 is 2.21 bits per heavy atom. The molecule has 1 N–H and O–H groups in total. The largest absolute Gasteiger partial charge is 0.495 e. The molecule has 8 heteroatoms. The molecule has 132 valence electrons. The standard InChI is InChI=1S/C16H22N2O5S/c1-10(2)11(3)17-24(21,22)12-5-6-14(23-4)13(9-12)18-15(19)7-8-16(18)20/h5-6,9-11,17H,7-8H2,1-4H3. The van der Waals surface area contributed by atoms with Crippen molar-refractivity contribution in [2.75, 3.05) is 12.0 Å². The molecule has 1 aromatic rings. The number of hydrogen-bond acceptors (Lipinski definition) is 5. The minimum absolute atomic E-state index is 0.0155. The van der Waals surface area contributed by atoms with E-state index in [1.165, 1.54) is 25.3 Å². The minimum atomic E-state index is -3.77. The Kier molecular flexibility index (Phi) is 5.29. The van der Waals surface area contributed by atoms with Crippen molar-refractivity contribution < 1.29 is 22.7 Å². The molecule has 0 saturated carbocycles. The van der Waals surface area contributed by atoms with Gasteiger partial charge in [-0.1, -0.05) is 13.8 Å². The van der Waals surface area contributed by atoms with Gasteiger partial charge >= 0.3 is 0 Å². The van der Waals surface area contributed by atoms with Crippen LogP contribution in [0.15, 0.2) is 23.1 Å². The van der Waals surface area contributed by atoms with Crippen molar-refractivity contribution in [1.82, 2.24) is 4.72 Å². The molecule has 0 spiro atoms. The summed E-state index contributed by atoms with van der Waals surface area (Å²) in [6, 6.07) is 3.89. The Morgan fingerprint density at radius 2 is 1.71 bits per heavy atom. The number of anilines is 1. The lowest BCUT2D eigenvalue weighted by molar-refractivity contribution is -0.121. The van der Waals surface area contributed by atoms with Gasteiger partial charge in [0.15, 0.2) is 0 Å². The summed E-state index contributed by atoms with van der Waals surface area (Å²) in [5.41, 5.74) is 0.157. The normalized spacial score (nSPS) is 16.8. The molecule has 1 aliphatic rings. The molecule has 1 aromatic carbocycles. The highest BCUT2D eigenvalue weighted by atomic mass is 32.2. The second kappa shape index (κ2) is 6.90. The van der Waals surface area contributed by atoms with Gasteiger partial charge in [0.1, 0.15) is 5.75 Å². The van der Waals surface area contributed by atoms with Gasteiger partial charge in [-0.15, -0.1) is 0 Å². The Balaban J connectivity index is 2.45. The lowest BCUT2D eigenvalue weighted by atomic mass is 10.1. The van der Waals surface area contributed by atoms with Crippen molar-refractivity contribution in [3.05, 3.63) is 18.2 Å². The predicted octanol–water partition coefficient (Wildman–Crippen LogP) is 1.67. The number of nitrogens with zero attached hydrogens (tertiary/aromatic N) is 1. The highest BCUT2D eigenvalue weighted by Gasteiger charge is 2.33. The third-order valence-corrected chi connectivity index (χ3v) is 5.65. The van der Waals surface area contributed by atoms with Gasteiger partial charge in [0, 0.05) is 18.9 Å². The lowest BCUT2D eigenvalue weighted by Crippen LogP contribution is -2.36. The highest BCUT2D eigenvalue weighted by molar-refractivity contribution is 7.89. The maximum atomic E-state index is 12.5. The Bertz CT molecular complexity index is 742. The monoisotopic (exact) mass is 354 g/mol. The number of carbonyl (C=O) groups excluding carboxylic acids is 2. The van der Waals surface area contributed by atoms with Crippen molar-refractivity contribution in [2.45, 2.75) is 44.6 Å². The summed E-state index contributed by atoms with van der Waals surface area (Å²) >= 11 is 0. The molecule has 0 aliphatic carbocycles. The van der Waals surface area contributed by atoms with Crippen LogP contribution in [0.5, 0.6) is 5.75 Å². The van der Waals surface area contributed by atoms with Crippen molar-refractivity contribution in [3.63, 3.8) is 0 Å². The van der Waals surface area contributed by atoms with E-state index in [0.29, 0.717) is 0 Å². The van der Waals surface area contributed by atoms with Crippen molar-refractivity contribution in [2.24, 2.45) is 5.92 Å². The average molecular weight is 354 g/mol. The zero-order valence-electron chi connectivity index (χ0n) is 14.2. The van der Waals surface area contributed by atoms with Crippen LogP contribution in [0, 0.1) is 5.92 Å². The molecule has 1 saturated heterocycles. The van der Waals surface area contributed by atoms with Crippen LogP contribution in [0.1, 0.15) is 33.6 Å². The first-order valence-electron chi connectivity index (χ1n) is 7.73. The first-order valence-corrected chi connectivity index (χ1v) is 9.22. The Labute approximate surface area is 142 Å². The number of carbonyl (C=O) groups is 2. The van der Waals surface area contributed by atoms with E-state index in [1.54, 1.807) is 6.92 Å². The zero-order chi connectivity index (χ0) is 18.1. The van der Waals surface area contributed by atoms with Crippen LogP contribution in [0.3, 0.4) is 0 Å². The number of hydrogen-bond donors (Lipinski definition) is 1. The van der Waals surface area contributed by atoms with E-state index in [2.05, 4.69) is 4.72 Å². The average Bonchev–Trinajstić information content (AvgIpc) is 2.85. The quantitative estimate of drug-likeness (QED) is 0.785. The molecule has 0 radical (unpaired) electrons. The van der Waals surface area contributed by atoms with E-state index < -0.39 is 10.0 Å². The molecule has 2 rings (SSSR count). The molecule has 1 aliphatic heterocycles. The number of imide groups is 1. The van der Waals surface area contributed by atoms with Gasteiger partial charge in [0.2, 0.25) is 21.8 Å². The molecular formula is C16H22N2O5S. The molecule has 1 unspecified atom stereocenters. The second-order valence-electron chi connectivity index (χ2n) is 6.11. The van der Waals surface area contributed by atoms with Gasteiger partial charge in [0.05, 0.1) is 17.7 Å². The molecule has 2 amide bonds. The van der Waals surface area contributed by atoms with Gasteiger partial charge in [-0.3, -0.25) is 9.59 Å². The van der Waals surface area contributed by atoms with E-state index >= 15 is 0 Å². The summed E-state index contributed by atoms with van der Waals surface area (Å²) in [4.78, 5) is 24.9. The molecular weight excluding hydrogens is 332 g/mol.